The van der Waals surface area contributed by atoms with E-state index in [1.807, 2.05) is 37.3 Å². The number of halogens is 1. The minimum Gasteiger partial charge on any atom is -0.465 e. The van der Waals surface area contributed by atoms with Crippen molar-refractivity contribution in [3.8, 4) is 11.3 Å². The smallest absolute Gasteiger partial charge is 0.341 e. The standard InChI is InChI=1S/C27H24FN3O3/c1-5-23-30-25-15(2)11-16(3)29-26(25)31(23)14-17-9-10-21-18(12-17)13-22(34-21)19-7-6-8-20(28)24(19)27(32)33-4/h6-13H,5,14H2,1-4H3. The van der Waals surface area contributed by atoms with Crippen LogP contribution in [0.5, 0.6) is 0 Å². The lowest BCUT2D eigenvalue weighted by molar-refractivity contribution is 0.0596. The van der Waals surface area contributed by atoms with Crippen molar-refractivity contribution in [3.05, 3.63) is 82.6 Å². The summed E-state index contributed by atoms with van der Waals surface area (Å²) in [5, 5.41) is 0.857. The van der Waals surface area contributed by atoms with Gasteiger partial charge in [0.25, 0.3) is 0 Å². The van der Waals surface area contributed by atoms with Crippen molar-refractivity contribution in [3.63, 3.8) is 0 Å². The van der Waals surface area contributed by atoms with Crippen molar-refractivity contribution in [1.29, 1.82) is 0 Å². The van der Waals surface area contributed by atoms with Crippen molar-refractivity contribution in [2.45, 2.75) is 33.7 Å². The second kappa shape index (κ2) is 8.41. The predicted molar refractivity (Wildman–Crippen MR) is 128 cm³/mol. The first kappa shape index (κ1) is 21.8. The van der Waals surface area contributed by atoms with Gasteiger partial charge in [0.05, 0.1) is 13.7 Å². The van der Waals surface area contributed by atoms with Gasteiger partial charge in [-0.1, -0.05) is 25.1 Å². The predicted octanol–water partition coefficient (Wildman–Crippen LogP) is 6.00. The number of benzene rings is 2. The van der Waals surface area contributed by atoms with Crippen LogP contribution in [0.4, 0.5) is 4.39 Å². The average molecular weight is 458 g/mol. The Hall–Kier alpha value is -4.00. The number of hydrogen-bond donors (Lipinski definition) is 0. The molecule has 0 fully saturated rings. The molecule has 34 heavy (non-hydrogen) atoms. The fourth-order valence-electron chi connectivity index (χ4n) is 4.43. The highest BCUT2D eigenvalue weighted by molar-refractivity contribution is 5.98. The maximum Gasteiger partial charge on any atom is 0.341 e. The Labute approximate surface area is 196 Å². The SMILES string of the molecule is CCc1nc2c(C)cc(C)nc2n1Cc1ccc2oc(-c3cccc(F)c3C(=O)OC)cc2c1. The zero-order valence-corrected chi connectivity index (χ0v) is 19.5. The number of methoxy groups -OCH3 is 1. The molecule has 172 valence electrons. The van der Waals surface area contributed by atoms with Gasteiger partial charge in [0, 0.05) is 23.1 Å². The van der Waals surface area contributed by atoms with E-state index in [1.165, 1.54) is 13.2 Å². The van der Waals surface area contributed by atoms with Crippen LogP contribution in [0.2, 0.25) is 0 Å². The first-order valence-electron chi connectivity index (χ1n) is 11.1. The maximum absolute atomic E-state index is 14.4. The molecule has 0 N–H and O–H groups in total. The van der Waals surface area contributed by atoms with Crippen molar-refractivity contribution < 1.29 is 18.3 Å². The Morgan fingerprint density at radius 1 is 1.12 bits per heavy atom. The van der Waals surface area contributed by atoms with E-state index < -0.39 is 11.8 Å². The van der Waals surface area contributed by atoms with E-state index in [2.05, 4.69) is 18.4 Å². The third kappa shape index (κ3) is 3.63. The van der Waals surface area contributed by atoms with E-state index in [4.69, 9.17) is 19.1 Å². The molecule has 2 aromatic carbocycles. The molecule has 0 unspecified atom stereocenters. The molecule has 0 aliphatic heterocycles. The number of ether oxygens (including phenoxy) is 1. The summed E-state index contributed by atoms with van der Waals surface area (Å²) in [7, 11) is 1.23. The Morgan fingerprint density at radius 2 is 1.94 bits per heavy atom. The van der Waals surface area contributed by atoms with Crippen molar-refractivity contribution in [2.24, 2.45) is 0 Å². The number of imidazole rings is 1. The van der Waals surface area contributed by atoms with Crippen LogP contribution in [-0.2, 0) is 17.7 Å². The lowest BCUT2D eigenvalue weighted by Crippen LogP contribution is -2.06. The van der Waals surface area contributed by atoms with Crippen LogP contribution in [0.3, 0.4) is 0 Å². The molecule has 3 aromatic heterocycles. The largest absolute Gasteiger partial charge is 0.465 e. The van der Waals surface area contributed by atoms with E-state index in [0.717, 1.165) is 45.6 Å². The minimum absolute atomic E-state index is 0.140. The fraction of sp³-hybridized carbons (Fsp3) is 0.222. The highest BCUT2D eigenvalue weighted by Gasteiger charge is 2.21. The number of furan rings is 1. The molecule has 6 nitrogen and oxygen atoms in total. The average Bonchev–Trinajstić information content (AvgIpc) is 3.40. The van der Waals surface area contributed by atoms with Gasteiger partial charge in [-0.05, 0) is 55.3 Å². The van der Waals surface area contributed by atoms with Crippen molar-refractivity contribution >= 4 is 28.1 Å². The molecule has 5 rings (SSSR count). The molecule has 0 aliphatic carbocycles. The maximum atomic E-state index is 14.4. The van der Waals surface area contributed by atoms with Crippen LogP contribution in [0.1, 0.15) is 39.9 Å². The van der Waals surface area contributed by atoms with E-state index in [1.54, 1.807) is 12.1 Å². The van der Waals surface area contributed by atoms with E-state index in [9.17, 15) is 9.18 Å². The number of fused-ring (bicyclic) bond motifs is 2. The summed E-state index contributed by atoms with van der Waals surface area (Å²) in [6.45, 7) is 6.74. The van der Waals surface area contributed by atoms with E-state index in [0.29, 0.717) is 23.5 Å². The van der Waals surface area contributed by atoms with E-state index >= 15 is 0 Å². The summed E-state index contributed by atoms with van der Waals surface area (Å²) in [5.74, 6) is -0.0111. The van der Waals surface area contributed by atoms with Gasteiger partial charge in [0.15, 0.2) is 5.65 Å². The summed E-state index contributed by atoms with van der Waals surface area (Å²) in [6.07, 6.45) is 0.794. The Morgan fingerprint density at radius 3 is 2.71 bits per heavy atom. The van der Waals surface area contributed by atoms with Gasteiger partial charge in [-0.25, -0.2) is 19.2 Å². The minimum atomic E-state index is -0.744. The normalized spacial score (nSPS) is 11.4. The molecule has 0 radical (unpaired) electrons. The molecule has 0 saturated heterocycles. The highest BCUT2D eigenvalue weighted by atomic mass is 19.1. The summed E-state index contributed by atoms with van der Waals surface area (Å²) in [5.41, 5.74) is 5.80. The third-order valence-electron chi connectivity index (χ3n) is 6.01. The number of esters is 1. The molecule has 0 spiro atoms. The number of aromatic nitrogens is 3. The van der Waals surface area contributed by atoms with Crippen LogP contribution >= 0.6 is 0 Å². The van der Waals surface area contributed by atoms with Crippen LogP contribution in [0, 0.1) is 19.7 Å². The molecule has 5 aromatic rings. The van der Waals surface area contributed by atoms with Crippen LogP contribution in [0.25, 0.3) is 33.5 Å². The molecule has 0 aliphatic rings. The zero-order chi connectivity index (χ0) is 24.0. The lowest BCUT2D eigenvalue weighted by Gasteiger charge is -2.08. The quantitative estimate of drug-likeness (QED) is 0.303. The highest BCUT2D eigenvalue weighted by Crippen LogP contribution is 2.32. The number of carbonyl (C=O) groups is 1. The molecule has 0 bridgehead atoms. The summed E-state index contributed by atoms with van der Waals surface area (Å²) < 4.78 is 27.3. The third-order valence-corrected chi connectivity index (χ3v) is 6.01. The molecule has 0 atom stereocenters. The van der Waals surface area contributed by atoms with Gasteiger partial charge in [-0.3, -0.25) is 0 Å². The van der Waals surface area contributed by atoms with Gasteiger partial charge in [-0.15, -0.1) is 0 Å². The first-order chi connectivity index (χ1) is 16.4. The van der Waals surface area contributed by atoms with Gasteiger partial charge < -0.3 is 13.7 Å². The van der Waals surface area contributed by atoms with Crippen LogP contribution < -0.4 is 0 Å². The van der Waals surface area contributed by atoms with Gasteiger partial charge in [0.1, 0.15) is 34.1 Å². The molecular formula is C27H24FN3O3. The molecule has 3 heterocycles. The zero-order valence-electron chi connectivity index (χ0n) is 19.5. The number of aryl methyl sites for hydroxylation is 3. The van der Waals surface area contributed by atoms with Crippen molar-refractivity contribution in [2.75, 3.05) is 7.11 Å². The number of pyridine rings is 1. The number of carbonyl (C=O) groups excluding carboxylic acids is 1. The second-order valence-corrected chi connectivity index (χ2v) is 8.36. The molecule has 0 amide bonds. The van der Waals surface area contributed by atoms with Crippen molar-refractivity contribution in [1.82, 2.24) is 14.5 Å². The Bertz CT molecular complexity index is 1560. The van der Waals surface area contributed by atoms with Crippen LogP contribution in [0.15, 0.2) is 52.9 Å². The van der Waals surface area contributed by atoms with E-state index in [-0.39, 0.29) is 5.56 Å². The summed E-state index contributed by atoms with van der Waals surface area (Å²) in [4.78, 5) is 21.7. The molecular weight excluding hydrogens is 433 g/mol. The van der Waals surface area contributed by atoms with Gasteiger partial charge in [-0.2, -0.15) is 0 Å². The van der Waals surface area contributed by atoms with Gasteiger partial charge >= 0.3 is 5.97 Å². The Kier molecular flexibility index (Phi) is 5.40. The fourth-order valence-corrected chi connectivity index (χ4v) is 4.43. The topological polar surface area (TPSA) is 70.2 Å². The second-order valence-electron chi connectivity index (χ2n) is 8.36. The first-order valence-corrected chi connectivity index (χ1v) is 11.1. The Balaban J connectivity index is 1.57. The molecule has 7 heteroatoms. The number of hydrogen-bond acceptors (Lipinski definition) is 5. The summed E-state index contributed by atoms with van der Waals surface area (Å²) >= 11 is 0. The number of nitrogens with zero attached hydrogens (tertiary/aromatic N) is 3. The molecule has 0 saturated carbocycles. The lowest BCUT2D eigenvalue weighted by atomic mass is 10.0. The number of rotatable bonds is 5. The summed E-state index contributed by atoms with van der Waals surface area (Å²) in [6, 6.07) is 14.2. The van der Waals surface area contributed by atoms with Crippen LogP contribution in [-0.4, -0.2) is 27.6 Å². The van der Waals surface area contributed by atoms with Gasteiger partial charge in [0.2, 0.25) is 0 Å². The monoisotopic (exact) mass is 457 g/mol.